The van der Waals surface area contributed by atoms with Gasteiger partial charge in [-0.25, -0.2) is 0 Å². The van der Waals surface area contributed by atoms with Crippen LogP contribution in [0.3, 0.4) is 0 Å². The van der Waals surface area contributed by atoms with Crippen molar-refractivity contribution in [2.24, 2.45) is 0 Å². The zero-order valence-corrected chi connectivity index (χ0v) is 15.0. The molecule has 0 bridgehead atoms. The van der Waals surface area contributed by atoms with Gasteiger partial charge < -0.3 is 9.64 Å². The van der Waals surface area contributed by atoms with Crippen LogP contribution in [-0.2, 0) is 9.53 Å². The topological polar surface area (TPSA) is 29.5 Å². The van der Waals surface area contributed by atoms with Gasteiger partial charge >= 0.3 is 0 Å². The highest BCUT2D eigenvalue weighted by molar-refractivity contribution is 6.11. The third-order valence-corrected chi connectivity index (χ3v) is 4.83. The molecular weight excluding hydrogens is 322 g/mol. The molecule has 2 aromatic rings. The zero-order chi connectivity index (χ0) is 18.1. The number of benzene rings is 2. The number of fused-ring (bicyclic) bond motifs is 1. The fourth-order valence-electron chi connectivity index (χ4n) is 3.59. The van der Waals surface area contributed by atoms with E-state index in [0.717, 1.165) is 27.8 Å². The molecule has 4 rings (SSSR count). The zero-order valence-electron chi connectivity index (χ0n) is 15.0. The van der Waals surface area contributed by atoms with Gasteiger partial charge in [-0.2, -0.15) is 0 Å². The van der Waals surface area contributed by atoms with Crippen LogP contribution in [-0.4, -0.2) is 38.1 Å². The van der Waals surface area contributed by atoms with E-state index in [4.69, 9.17) is 4.74 Å². The number of hydrogen-bond donors (Lipinski definition) is 0. The number of carbonyl (C=O) groups is 1. The Balaban J connectivity index is 1.95. The van der Waals surface area contributed by atoms with E-state index in [9.17, 15) is 4.79 Å². The summed E-state index contributed by atoms with van der Waals surface area (Å²) in [6.45, 7) is 1.17. The predicted molar refractivity (Wildman–Crippen MR) is 104 cm³/mol. The SMILES string of the molecule is CN(C)C(=O)C=C1C(c2ccccc2)=C2COCC2=C1c1ccccc1. The molecule has 1 aliphatic heterocycles. The molecule has 130 valence electrons. The summed E-state index contributed by atoms with van der Waals surface area (Å²) in [5.41, 5.74) is 7.87. The van der Waals surface area contributed by atoms with Gasteiger partial charge in [0.25, 0.3) is 0 Å². The minimum atomic E-state index is -0.0102. The van der Waals surface area contributed by atoms with E-state index in [1.54, 1.807) is 25.1 Å². The highest BCUT2D eigenvalue weighted by atomic mass is 16.5. The van der Waals surface area contributed by atoms with Crippen LogP contribution in [0.2, 0.25) is 0 Å². The number of amides is 1. The smallest absolute Gasteiger partial charge is 0.246 e. The molecule has 1 aliphatic carbocycles. The fraction of sp³-hybridized carbons (Fsp3) is 0.174. The molecule has 1 fully saturated rings. The molecule has 0 aromatic heterocycles. The van der Waals surface area contributed by atoms with Crippen molar-refractivity contribution in [2.45, 2.75) is 0 Å². The van der Waals surface area contributed by atoms with E-state index in [1.807, 2.05) is 36.4 Å². The molecule has 0 atom stereocenters. The van der Waals surface area contributed by atoms with Gasteiger partial charge in [0.05, 0.1) is 13.2 Å². The van der Waals surface area contributed by atoms with Crippen molar-refractivity contribution >= 4 is 17.1 Å². The second-order valence-corrected chi connectivity index (χ2v) is 6.72. The van der Waals surface area contributed by atoms with Gasteiger partial charge in [-0.15, -0.1) is 0 Å². The number of likely N-dealkylation sites (N-methyl/N-ethyl adjacent to an activating group) is 1. The minimum absolute atomic E-state index is 0.0102. The number of carbonyl (C=O) groups excluding carboxylic acids is 1. The first-order valence-electron chi connectivity index (χ1n) is 8.76. The lowest BCUT2D eigenvalue weighted by Gasteiger charge is -2.15. The highest BCUT2D eigenvalue weighted by Crippen LogP contribution is 2.49. The molecule has 26 heavy (non-hydrogen) atoms. The van der Waals surface area contributed by atoms with E-state index < -0.39 is 0 Å². The lowest BCUT2D eigenvalue weighted by Crippen LogP contribution is -2.19. The number of rotatable bonds is 3. The van der Waals surface area contributed by atoms with E-state index in [2.05, 4.69) is 24.3 Å². The van der Waals surface area contributed by atoms with Crippen LogP contribution < -0.4 is 0 Å². The molecular formula is C23H21NO2. The average molecular weight is 343 g/mol. The Morgan fingerprint density at radius 3 is 1.73 bits per heavy atom. The molecule has 2 aromatic carbocycles. The maximum absolute atomic E-state index is 12.5. The molecule has 0 radical (unpaired) electrons. The standard InChI is InChI=1S/C23H21NO2/c1-24(2)21(25)13-18-22(16-9-5-3-6-10-16)19-14-26-15-20(19)23(18)17-11-7-4-8-12-17/h3-13H,14-15H2,1-2H3. The summed E-state index contributed by atoms with van der Waals surface area (Å²) in [7, 11) is 3.56. The van der Waals surface area contributed by atoms with Crippen LogP contribution in [0.4, 0.5) is 0 Å². The van der Waals surface area contributed by atoms with Crippen LogP contribution in [0.25, 0.3) is 11.1 Å². The Bertz CT molecular complexity index is 869. The van der Waals surface area contributed by atoms with Gasteiger partial charge in [-0.05, 0) is 39.0 Å². The third kappa shape index (κ3) is 2.80. The van der Waals surface area contributed by atoms with Crippen LogP contribution in [0.5, 0.6) is 0 Å². The largest absolute Gasteiger partial charge is 0.372 e. The van der Waals surface area contributed by atoms with Gasteiger partial charge in [0.15, 0.2) is 0 Å². The summed E-state index contributed by atoms with van der Waals surface area (Å²) in [5.74, 6) is -0.0102. The van der Waals surface area contributed by atoms with Crippen molar-refractivity contribution in [3.63, 3.8) is 0 Å². The Hall–Kier alpha value is -2.91. The van der Waals surface area contributed by atoms with E-state index in [1.165, 1.54) is 11.1 Å². The maximum Gasteiger partial charge on any atom is 0.246 e. The van der Waals surface area contributed by atoms with Crippen LogP contribution in [0.1, 0.15) is 11.1 Å². The third-order valence-electron chi connectivity index (χ3n) is 4.83. The second-order valence-electron chi connectivity index (χ2n) is 6.72. The molecule has 0 unspecified atom stereocenters. The molecule has 1 heterocycles. The van der Waals surface area contributed by atoms with Gasteiger partial charge in [-0.3, -0.25) is 4.79 Å². The fourth-order valence-corrected chi connectivity index (χ4v) is 3.59. The highest BCUT2D eigenvalue weighted by Gasteiger charge is 2.34. The first-order valence-corrected chi connectivity index (χ1v) is 8.76. The van der Waals surface area contributed by atoms with E-state index in [0.29, 0.717) is 13.2 Å². The normalized spacial score (nSPS) is 16.2. The van der Waals surface area contributed by atoms with Crippen molar-refractivity contribution in [1.82, 2.24) is 4.90 Å². The van der Waals surface area contributed by atoms with E-state index in [-0.39, 0.29) is 5.91 Å². The summed E-state index contributed by atoms with van der Waals surface area (Å²) in [6, 6.07) is 20.5. The number of ether oxygens (including phenoxy) is 1. The summed E-state index contributed by atoms with van der Waals surface area (Å²) in [4.78, 5) is 14.2. The number of hydrogen-bond acceptors (Lipinski definition) is 2. The molecule has 0 N–H and O–H groups in total. The number of allylic oxidation sites excluding steroid dienone is 3. The van der Waals surface area contributed by atoms with E-state index >= 15 is 0 Å². The maximum atomic E-state index is 12.5. The Morgan fingerprint density at radius 2 is 1.31 bits per heavy atom. The Morgan fingerprint density at radius 1 is 0.846 bits per heavy atom. The second kappa shape index (κ2) is 6.77. The Labute approximate surface area is 153 Å². The first kappa shape index (κ1) is 16.6. The van der Waals surface area contributed by atoms with Crippen molar-refractivity contribution < 1.29 is 9.53 Å². The summed E-state index contributed by atoms with van der Waals surface area (Å²) in [6.07, 6.45) is 1.77. The summed E-state index contributed by atoms with van der Waals surface area (Å²) in [5, 5.41) is 0. The lowest BCUT2D eigenvalue weighted by molar-refractivity contribution is -0.123. The molecule has 1 saturated heterocycles. The van der Waals surface area contributed by atoms with Gasteiger partial charge in [0.2, 0.25) is 5.91 Å². The molecule has 3 heteroatoms. The van der Waals surface area contributed by atoms with Crippen molar-refractivity contribution in [1.29, 1.82) is 0 Å². The van der Waals surface area contributed by atoms with Gasteiger partial charge in [0.1, 0.15) is 0 Å². The average Bonchev–Trinajstić information content (AvgIpc) is 3.23. The van der Waals surface area contributed by atoms with Crippen molar-refractivity contribution in [2.75, 3.05) is 27.3 Å². The number of nitrogens with zero attached hydrogens (tertiary/aromatic N) is 1. The van der Waals surface area contributed by atoms with Gasteiger partial charge in [-0.1, -0.05) is 60.7 Å². The van der Waals surface area contributed by atoms with Crippen LogP contribution >= 0.6 is 0 Å². The monoisotopic (exact) mass is 343 g/mol. The molecule has 0 spiro atoms. The van der Waals surface area contributed by atoms with Gasteiger partial charge in [0, 0.05) is 20.2 Å². The van der Waals surface area contributed by atoms with Crippen LogP contribution in [0.15, 0.2) is 83.5 Å². The molecule has 3 nitrogen and oxygen atoms in total. The first-order chi connectivity index (χ1) is 12.7. The summed E-state index contributed by atoms with van der Waals surface area (Å²) >= 11 is 0. The van der Waals surface area contributed by atoms with Crippen LogP contribution in [0, 0.1) is 0 Å². The summed E-state index contributed by atoms with van der Waals surface area (Å²) < 4.78 is 5.78. The minimum Gasteiger partial charge on any atom is -0.372 e. The Kier molecular flexibility index (Phi) is 4.31. The van der Waals surface area contributed by atoms with Crippen molar-refractivity contribution in [3.05, 3.63) is 94.6 Å². The predicted octanol–water partition coefficient (Wildman–Crippen LogP) is 3.95. The molecule has 2 aliphatic rings. The molecule has 0 saturated carbocycles. The molecule has 1 amide bonds. The lowest BCUT2D eigenvalue weighted by atomic mass is 9.91. The van der Waals surface area contributed by atoms with Crippen molar-refractivity contribution in [3.8, 4) is 0 Å². The quantitative estimate of drug-likeness (QED) is 0.790.